The first-order valence-electron chi connectivity index (χ1n) is 7.88. The summed E-state index contributed by atoms with van der Waals surface area (Å²) in [6.45, 7) is 3.82. The Morgan fingerprint density at radius 2 is 2.04 bits per heavy atom. The zero-order valence-corrected chi connectivity index (χ0v) is 16.1. The van der Waals surface area contributed by atoms with Crippen LogP contribution in [-0.4, -0.2) is 15.3 Å². The van der Waals surface area contributed by atoms with Crippen molar-refractivity contribution in [2.24, 2.45) is 0 Å². The van der Waals surface area contributed by atoms with Crippen LogP contribution >= 0.6 is 34.5 Å². The van der Waals surface area contributed by atoms with Gasteiger partial charge in [-0.3, -0.25) is 14.2 Å². The summed E-state index contributed by atoms with van der Waals surface area (Å²) in [5.74, 6) is 0.741. The fraction of sp³-hybridized carbons (Fsp3) is 0.278. The number of nitrogens with zero attached hydrogens (tertiary/aromatic N) is 2. The molecule has 0 unspecified atom stereocenters. The number of hydrogen-bond donors (Lipinski definition) is 0. The highest BCUT2D eigenvalue weighted by molar-refractivity contribution is 7.17. The Kier molecular flexibility index (Phi) is 5.27. The van der Waals surface area contributed by atoms with E-state index >= 15 is 0 Å². The van der Waals surface area contributed by atoms with Crippen molar-refractivity contribution < 1.29 is 4.79 Å². The number of halogens is 2. The maximum atomic E-state index is 13.1. The predicted octanol–water partition coefficient (Wildman–Crippen LogP) is 4.97. The SMILES string of the molecule is CCc1nc2scc(-c3ccc(Cl)c(Cl)c3)c2c(=O)n1CCC(C)=O. The number of carbonyl (C=O) groups is 1. The molecule has 0 aliphatic rings. The van der Waals surface area contributed by atoms with Gasteiger partial charge in [-0.05, 0) is 24.6 Å². The van der Waals surface area contributed by atoms with Gasteiger partial charge in [0.25, 0.3) is 5.56 Å². The van der Waals surface area contributed by atoms with Crippen LogP contribution in [0.25, 0.3) is 21.3 Å². The highest BCUT2D eigenvalue weighted by atomic mass is 35.5. The van der Waals surface area contributed by atoms with Crippen molar-refractivity contribution in [3.63, 3.8) is 0 Å². The number of thiophene rings is 1. The molecular weight excluding hydrogens is 379 g/mol. The molecule has 7 heteroatoms. The first-order chi connectivity index (χ1) is 11.9. The summed E-state index contributed by atoms with van der Waals surface area (Å²) in [5, 5.41) is 3.38. The van der Waals surface area contributed by atoms with Crippen LogP contribution in [0.5, 0.6) is 0 Å². The maximum Gasteiger partial charge on any atom is 0.262 e. The van der Waals surface area contributed by atoms with Gasteiger partial charge in [-0.2, -0.15) is 0 Å². The lowest BCUT2D eigenvalue weighted by atomic mass is 10.1. The molecule has 4 nitrogen and oxygen atoms in total. The Balaban J connectivity index is 2.22. The first-order valence-corrected chi connectivity index (χ1v) is 9.51. The molecule has 0 amide bonds. The number of rotatable bonds is 5. The zero-order valence-electron chi connectivity index (χ0n) is 13.8. The van der Waals surface area contributed by atoms with Gasteiger partial charge in [0.2, 0.25) is 0 Å². The summed E-state index contributed by atoms with van der Waals surface area (Å²) in [5.41, 5.74) is 1.49. The Bertz CT molecular complexity index is 1020. The van der Waals surface area contributed by atoms with Crippen molar-refractivity contribution in [2.75, 3.05) is 0 Å². The van der Waals surface area contributed by atoms with Gasteiger partial charge in [0, 0.05) is 30.3 Å². The molecule has 0 aliphatic carbocycles. The molecule has 0 atom stereocenters. The van der Waals surface area contributed by atoms with E-state index in [0.717, 1.165) is 11.1 Å². The fourth-order valence-corrected chi connectivity index (χ4v) is 3.97. The molecule has 0 radical (unpaired) electrons. The molecule has 0 spiro atoms. The standard InChI is InChI=1S/C18H16Cl2N2O2S/c1-3-15-21-17-16(18(24)22(15)7-6-10(2)23)12(9-25-17)11-4-5-13(19)14(20)8-11/h4-5,8-9H,3,6-7H2,1-2H3. The van der Waals surface area contributed by atoms with Gasteiger partial charge in [-0.1, -0.05) is 36.2 Å². The fourth-order valence-electron chi connectivity index (χ4n) is 2.71. The third-order valence-corrected chi connectivity index (χ3v) is 5.62. The second-order valence-corrected chi connectivity index (χ2v) is 7.42. The van der Waals surface area contributed by atoms with Gasteiger partial charge in [-0.15, -0.1) is 11.3 Å². The van der Waals surface area contributed by atoms with E-state index in [4.69, 9.17) is 23.2 Å². The molecule has 3 aromatic rings. The van der Waals surface area contributed by atoms with Gasteiger partial charge in [0.15, 0.2) is 0 Å². The van der Waals surface area contributed by atoms with E-state index < -0.39 is 0 Å². The van der Waals surface area contributed by atoms with Gasteiger partial charge < -0.3 is 0 Å². The average Bonchev–Trinajstić information content (AvgIpc) is 3.00. The summed E-state index contributed by atoms with van der Waals surface area (Å²) in [6, 6.07) is 5.30. The van der Waals surface area contributed by atoms with Gasteiger partial charge in [-0.25, -0.2) is 4.98 Å². The highest BCUT2D eigenvalue weighted by Crippen LogP contribution is 2.34. The number of fused-ring (bicyclic) bond motifs is 1. The summed E-state index contributed by atoms with van der Waals surface area (Å²) < 4.78 is 1.61. The Hall–Kier alpha value is -1.69. The van der Waals surface area contributed by atoms with E-state index in [9.17, 15) is 9.59 Å². The number of benzene rings is 1. The Morgan fingerprint density at radius 3 is 2.68 bits per heavy atom. The van der Waals surface area contributed by atoms with Gasteiger partial charge in [0.1, 0.15) is 16.4 Å². The van der Waals surface area contributed by atoms with Crippen molar-refractivity contribution in [3.8, 4) is 11.1 Å². The number of aromatic nitrogens is 2. The summed E-state index contributed by atoms with van der Waals surface area (Å²) in [4.78, 5) is 29.8. The molecule has 0 N–H and O–H groups in total. The van der Waals surface area contributed by atoms with Crippen LogP contribution in [0.2, 0.25) is 10.0 Å². The molecule has 3 rings (SSSR count). The molecule has 1 aromatic carbocycles. The third kappa shape index (κ3) is 3.50. The van der Waals surface area contributed by atoms with Crippen LogP contribution < -0.4 is 5.56 Å². The minimum atomic E-state index is -0.120. The van der Waals surface area contributed by atoms with Crippen molar-refractivity contribution in [3.05, 3.63) is 49.8 Å². The maximum absolute atomic E-state index is 13.1. The zero-order chi connectivity index (χ0) is 18.1. The molecular formula is C18H16Cl2N2O2S. The summed E-state index contributed by atoms with van der Waals surface area (Å²) in [6.07, 6.45) is 0.940. The van der Waals surface area contributed by atoms with Crippen LogP contribution in [0.1, 0.15) is 26.1 Å². The van der Waals surface area contributed by atoms with E-state index in [2.05, 4.69) is 4.98 Å². The largest absolute Gasteiger partial charge is 0.300 e. The normalized spacial score (nSPS) is 11.2. The van der Waals surface area contributed by atoms with Crippen LogP contribution in [0.3, 0.4) is 0 Å². The lowest BCUT2D eigenvalue weighted by Crippen LogP contribution is -2.25. The Labute approximate surface area is 159 Å². The number of carbonyl (C=O) groups excluding carboxylic acids is 1. The monoisotopic (exact) mass is 394 g/mol. The topological polar surface area (TPSA) is 52.0 Å². The molecule has 0 saturated carbocycles. The molecule has 25 heavy (non-hydrogen) atoms. The van der Waals surface area contributed by atoms with E-state index in [1.807, 2.05) is 18.4 Å². The molecule has 2 heterocycles. The minimum absolute atomic E-state index is 0.0454. The van der Waals surface area contributed by atoms with Crippen molar-refractivity contribution >= 4 is 50.5 Å². The van der Waals surface area contributed by atoms with Crippen LogP contribution in [0.15, 0.2) is 28.4 Å². The van der Waals surface area contributed by atoms with E-state index in [0.29, 0.717) is 45.5 Å². The van der Waals surface area contributed by atoms with E-state index in [-0.39, 0.29) is 11.3 Å². The number of Topliss-reactive ketones (excluding diaryl/α,β-unsaturated/α-hetero) is 1. The first kappa shape index (κ1) is 18.1. The van der Waals surface area contributed by atoms with Crippen molar-refractivity contribution in [1.82, 2.24) is 9.55 Å². The Morgan fingerprint density at radius 1 is 1.28 bits per heavy atom. The molecule has 0 fully saturated rings. The van der Waals surface area contributed by atoms with Gasteiger partial charge in [0.05, 0.1) is 15.4 Å². The van der Waals surface area contributed by atoms with Crippen LogP contribution in [0, 0.1) is 0 Å². The second kappa shape index (κ2) is 7.28. The number of aryl methyl sites for hydroxylation is 1. The van der Waals surface area contributed by atoms with Crippen molar-refractivity contribution in [2.45, 2.75) is 33.2 Å². The number of hydrogen-bond acceptors (Lipinski definition) is 4. The van der Waals surface area contributed by atoms with Crippen LogP contribution in [-0.2, 0) is 17.8 Å². The average molecular weight is 395 g/mol. The molecule has 130 valence electrons. The lowest BCUT2D eigenvalue weighted by Gasteiger charge is -2.11. The second-order valence-electron chi connectivity index (χ2n) is 5.75. The van der Waals surface area contributed by atoms with Crippen molar-refractivity contribution in [1.29, 1.82) is 0 Å². The molecule has 2 aromatic heterocycles. The van der Waals surface area contributed by atoms with Crippen LogP contribution in [0.4, 0.5) is 0 Å². The predicted molar refractivity (Wildman–Crippen MR) is 104 cm³/mol. The third-order valence-electron chi connectivity index (χ3n) is 4.01. The summed E-state index contributed by atoms with van der Waals surface area (Å²) >= 11 is 13.5. The smallest absolute Gasteiger partial charge is 0.262 e. The highest BCUT2D eigenvalue weighted by Gasteiger charge is 2.17. The lowest BCUT2D eigenvalue weighted by molar-refractivity contribution is -0.117. The number of ketones is 1. The quantitative estimate of drug-likeness (QED) is 0.613. The van der Waals surface area contributed by atoms with E-state index in [1.165, 1.54) is 18.3 Å². The molecule has 0 aliphatic heterocycles. The molecule has 0 bridgehead atoms. The summed E-state index contributed by atoms with van der Waals surface area (Å²) in [7, 11) is 0. The minimum Gasteiger partial charge on any atom is -0.300 e. The molecule has 0 saturated heterocycles. The van der Waals surface area contributed by atoms with E-state index in [1.54, 1.807) is 16.7 Å². The van der Waals surface area contributed by atoms with Gasteiger partial charge >= 0.3 is 0 Å².